The van der Waals surface area contributed by atoms with Gasteiger partial charge < -0.3 is 0 Å². The van der Waals surface area contributed by atoms with Crippen molar-refractivity contribution in [1.29, 1.82) is 0 Å². The number of hydrogen-bond donors (Lipinski definition) is 0. The summed E-state index contributed by atoms with van der Waals surface area (Å²) in [6.45, 7) is 2.00. The first-order valence-corrected chi connectivity index (χ1v) is 4.38. The van der Waals surface area contributed by atoms with Crippen LogP contribution in [-0.4, -0.2) is 5.71 Å². The van der Waals surface area contributed by atoms with Crippen LogP contribution in [0.15, 0.2) is 53.6 Å². The molecule has 13 heavy (non-hydrogen) atoms. The van der Waals surface area contributed by atoms with E-state index in [1.807, 2.05) is 43.4 Å². The van der Waals surface area contributed by atoms with Crippen molar-refractivity contribution >= 4 is 11.4 Å². The fraction of sp³-hybridized carbons (Fsp3) is 0.0833. The second-order valence-electron chi connectivity index (χ2n) is 2.93. The van der Waals surface area contributed by atoms with Crippen LogP contribution in [0.5, 0.6) is 0 Å². The first-order valence-electron chi connectivity index (χ1n) is 4.38. The molecule has 0 fully saturated rings. The fourth-order valence-corrected chi connectivity index (χ4v) is 1.33. The van der Waals surface area contributed by atoms with Crippen molar-refractivity contribution in [2.24, 2.45) is 4.99 Å². The van der Waals surface area contributed by atoms with Gasteiger partial charge in [0.1, 0.15) is 0 Å². The van der Waals surface area contributed by atoms with Crippen molar-refractivity contribution in [2.75, 3.05) is 0 Å². The third-order valence-electron chi connectivity index (χ3n) is 1.95. The molecule has 0 spiro atoms. The molecule has 0 atom stereocenters. The lowest BCUT2D eigenvalue weighted by Gasteiger charge is -1.89. The molecular weight excluding hydrogens is 158 g/mol. The molecule has 0 saturated heterocycles. The van der Waals surface area contributed by atoms with Crippen molar-refractivity contribution in [1.82, 2.24) is 0 Å². The molecule has 2 rings (SSSR count). The summed E-state index contributed by atoms with van der Waals surface area (Å²) < 4.78 is 0. The third kappa shape index (κ3) is 1.59. The maximum absolute atomic E-state index is 4.42. The molecule has 0 saturated carbocycles. The molecule has 1 heteroatoms. The third-order valence-corrected chi connectivity index (χ3v) is 1.95. The summed E-state index contributed by atoms with van der Waals surface area (Å²) in [5, 5.41) is 0. The largest absolute Gasteiger partial charge is 0.248 e. The standard InChI is InChI=1S/C12H11N/c1-2-3-4-8-12-10-6-5-7-11(9-10)13-12/h2-9H,1H3/b3-2-,8-4-. The van der Waals surface area contributed by atoms with Crippen LogP contribution in [0.3, 0.4) is 0 Å². The van der Waals surface area contributed by atoms with Crippen molar-refractivity contribution in [3.05, 3.63) is 54.1 Å². The van der Waals surface area contributed by atoms with E-state index >= 15 is 0 Å². The molecular formula is C12H11N. The Labute approximate surface area is 78.1 Å². The minimum Gasteiger partial charge on any atom is -0.248 e. The predicted octanol–water partition coefficient (Wildman–Crippen LogP) is 3.25. The summed E-state index contributed by atoms with van der Waals surface area (Å²) in [5.74, 6) is 0. The molecule has 2 bridgehead atoms. The summed E-state index contributed by atoms with van der Waals surface area (Å²) in [6.07, 6.45) is 8.04. The van der Waals surface area contributed by atoms with Crippen LogP contribution in [0.1, 0.15) is 12.5 Å². The normalized spacial score (nSPS) is 14.4. The zero-order valence-corrected chi connectivity index (χ0v) is 7.57. The predicted molar refractivity (Wildman–Crippen MR) is 56.6 cm³/mol. The van der Waals surface area contributed by atoms with Crippen LogP contribution >= 0.6 is 0 Å². The molecule has 0 N–H and O–H groups in total. The molecule has 0 amide bonds. The first kappa shape index (κ1) is 7.99. The lowest BCUT2D eigenvalue weighted by atomic mass is 10.1. The van der Waals surface area contributed by atoms with Crippen LogP contribution in [0, 0.1) is 0 Å². The van der Waals surface area contributed by atoms with E-state index < -0.39 is 0 Å². The fourth-order valence-electron chi connectivity index (χ4n) is 1.33. The molecule has 1 aromatic rings. The second kappa shape index (κ2) is 3.40. The van der Waals surface area contributed by atoms with Gasteiger partial charge in [0.05, 0.1) is 11.4 Å². The molecule has 1 aromatic carbocycles. The lowest BCUT2D eigenvalue weighted by molar-refractivity contribution is 1.60. The number of nitrogens with zero attached hydrogens (tertiary/aromatic N) is 1. The zero-order chi connectivity index (χ0) is 9.10. The van der Waals surface area contributed by atoms with Crippen LogP contribution in [-0.2, 0) is 0 Å². The minimum absolute atomic E-state index is 1.05. The first-order chi connectivity index (χ1) is 6.40. The summed E-state index contributed by atoms with van der Waals surface area (Å²) >= 11 is 0. The van der Waals surface area contributed by atoms with Gasteiger partial charge in [-0.05, 0) is 25.1 Å². The summed E-state index contributed by atoms with van der Waals surface area (Å²) in [6, 6.07) is 8.22. The van der Waals surface area contributed by atoms with Crippen LogP contribution in [0.25, 0.3) is 0 Å². The summed E-state index contributed by atoms with van der Waals surface area (Å²) in [4.78, 5) is 4.42. The Hall–Kier alpha value is -1.63. The van der Waals surface area contributed by atoms with E-state index in [4.69, 9.17) is 0 Å². The summed E-state index contributed by atoms with van der Waals surface area (Å²) in [5.41, 5.74) is 3.31. The van der Waals surface area contributed by atoms with E-state index in [0.717, 1.165) is 11.4 Å². The average molecular weight is 169 g/mol. The molecule has 0 aliphatic carbocycles. The van der Waals surface area contributed by atoms with Crippen molar-refractivity contribution in [3.8, 4) is 0 Å². The zero-order valence-electron chi connectivity index (χ0n) is 7.57. The number of rotatable bonds is 2. The van der Waals surface area contributed by atoms with Gasteiger partial charge in [-0.15, -0.1) is 0 Å². The molecule has 64 valence electrons. The molecule has 0 unspecified atom stereocenters. The van der Waals surface area contributed by atoms with Crippen LogP contribution < -0.4 is 0 Å². The Bertz CT molecular complexity index is 397. The maximum atomic E-state index is 4.42. The van der Waals surface area contributed by atoms with Gasteiger partial charge in [0.15, 0.2) is 0 Å². The molecule has 1 heterocycles. The van der Waals surface area contributed by atoms with E-state index in [1.54, 1.807) is 0 Å². The monoisotopic (exact) mass is 169 g/mol. The van der Waals surface area contributed by atoms with Gasteiger partial charge in [-0.2, -0.15) is 0 Å². The quantitative estimate of drug-likeness (QED) is 0.602. The number of benzene rings is 1. The van der Waals surface area contributed by atoms with E-state index in [-0.39, 0.29) is 0 Å². The van der Waals surface area contributed by atoms with Crippen molar-refractivity contribution < 1.29 is 0 Å². The van der Waals surface area contributed by atoms with Gasteiger partial charge in [-0.3, -0.25) is 0 Å². The maximum Gasteiger partial charge on any atom is 0.0710 e. The van der Waals surface area contributed by atoms with Crippen LogP contribution in [0.2, 0.25) is 0 Å². The Balaban J connectivity index is 2.24. The lowest BCUT2D eigenvalue weighted by Crippen LogP contribution is -1.88. The number of hydrogen-bond acceptors (Lipinski definition) is 1. The Morgan fingerprint density at radius 1 is 1.23 bits per heavy atom. The number of fused-ring (bicyclic) bond motifs is 2. The minimum atomic E-state index is 1.05. The topological polar surface area (TPSA) is 12.4 Å². The summed E-state index contributed by atoms with van der Waals surface area (Å²) in [7, 11) is 0. The Morgan fingerprint density at radius 3 is 2.92 bits per heavy atom. The molecule has 0 radical (unpaired) electrons. The van der Waals surface area contributed by atoms with Gasteiger partial charge in [0, 0.05) is 5.56 Å². The van der Waals surface area contributed by atoms with E-state index in [9.17, 15) is 0 Å². The van der Waals surface area contributed by atoms with Crippen molar-refractivity contribution in [2.45, 2.75) is 6.92 Å². The van der Waals surface area contributed by atoms with Gasteiger partial charge in [0.25, 0.3) is 0 Å². The molecule has 1 nitrogen and oxygen atoms in total. The average Bonchev–Trinajstić information content (AvgIpc) is 2.42. The highest BCUT2D eigenvalue weighted by Gasteiger charge is 2.07. The second-order valence-corrected chi connectivity index (χ2v) is 2.93. The molecule has 0 aromatic heterocycles. The van der Waals surface area contributed by atoms with Gasteiger partial charge in [-0.25, -0.2) is 4.99 Å². The van der Waals surface area contributed by atoms with Crippen LogP contribution in [0.4, 0.5) is 5.69 Å². The van der Waals surface area contributed by atoms with Gasteiger partial charge in [0.2, 0.25) is 0 Å². The highest BCUT2D eigenvalue weighted by Crippen LogP contribution is 2.23. The van der Waals surface area contributed by atoms with Gasteiger partial charge in [-0.1, -0.05) is 30.4 Å². The number of aliphatic imine (C=N–C) groups is 1. The van der Waals surface area contributed by atoms with E-state index in [2.05, 4.69) is 17.1 Å². The molecule has 1 aliphatic heterocycles. The number of allylic oxidation sites excluding steroid dienone is 4. The Morgan fingerprint density at radius 2 is 2.15 bits per heavy atom. The highest BCUT2D eigenvalue weighted by atomic mass is 14.8. The smallest absolute Gasteiger partial charge is 0.0710 e. The highest BCUT2D eigenvalue weighted by molar-refractivity contribution is 6.12. The van der Waals surface area contributed by atoms with Gasteiger partial charge >= 0.3 is 0 Å². The van der Waals surface area contributed by atoms with E-state index in [1.165, 1.54) is 5.56 Å². The Kier molecular flexibility index (Phi) is 2.09. The van der Waals surface area contributed by atoms with Crippen molar-refractivity contribution in [3.63, 3.8) is 0 Å². The molecule has 1 aliphatic rings. The van der Waals surface area contributed by atoms with E-state index in [0.29, 0.717) is 0 Å². The SMILES string of the molecule is C/C=C\C=C/C1=Nc2cccc1c2.